The standard InChI is InChI=1S/C25H28FN3O3S/c1-17-3-9-21(10-4-17)32-16-23-28-18(2)24(33-23)25(30)27-15-22(29-11-13-31-14-12-29)19-5-7-20(26)8-6-19/h3-10,22H,11-16H2,1-2H3,(H,27,30). The normalized spacial score (nSPS) is 15.2. The topological polar surface area (TPSA) is 63.7 Å². The molecule has 1 amide bonds. The second kappa shape index (κ2) is 10.9. The zero-order valence-electron chi connectivity index (χ0n) is 18.8. The van der Waals surface area contributed by atoms with Crippen LogP contribution in [0.1, 0.15) is 37.5 Å². The van der Waals surface area contributed by atoms with Crippen LogP contribution < -0.4 is 10.1 Å². The van der Waals surface area contributed by atoms with Gasteiger partial charge in [0.25, 0.3) is 5.91 Å². The summed E-state index contributed by atoms with van der Waals surface area (Å²) in [5.41, 5.74) is 2.82. The van der Waals surface area contributed by atoms with E-state index in [1.165, 1.54) is 29.0 Å². The average molecular weight is 470 g/mol. The van der Waals surface area contributed by atoms with E-state index in [0.29, 0.717) is 36.9 Å². The maximum atomic E-state index is 13.4. The minimum Gasteiger partial charge on any atom is -0.486 e. The summed E-state index contributed by atoms with van der Waals surface area (Å²) in [6, 6.07) is 14.2. The zero-order valence-corrected chi connectivity index (χ0v) is 19.7. The van der Waals surface area contributed by atoms with E-state index in [2.05, 4.69) is 15.2 Å². The minimum absolute atomic E-state index is 0.0592. The number of aryl methyl sites for hydroxylation is 2. The number of carbonyl (C=O) groups excluding carboxylic acids is 1. The molecule has 0 aliphatic carbocycles. The first-order valence-corrected chi connectivity index (χ1v) is 11.8. The van der Waals surface area contributed by atoms with Gasteiger partial charge in [0.15, 0.2) is 0 Å². The molecule has 1 unspecified atom stereocenters. The van der Waals surface area contributed by atoms with Gasteiger partial charge in [0.1, 0.15) is 28.1 Å². The largest absolute Gasteiger partial charge is 0.486 e. The van der Waals surface area contributed by atoms with Crippen molar-refractivity contribution in [3.8, 4) is 5.75 Å². The van der Waals surface area contributed by atoms with E-state index in [1.54, 1.807) is 12.1 Å². The summed E-state index contributed by atoms with van der Waals surface area (Å²) in [5.74, 6) is 0.336. The molecule has 1 fully saturated rings. The lowest BCUT2D eigenvalue weighted by Crippen LogP contribution is -2.43. The summed E-state index contributed by atoms with van der Waals surface area (Å²) in [6.07, 6.45) is 0. The Morgan fingerprint density at radius 2 is 1.85 bits per heavy atom. The predicted molar refractivity (Wildman–Crippen MR) is 126 cm³/mol. The summed E-state index contributed by atoms with van der Waals surface area (Å²) in [6.45, 7) is 7.40. The molecule has 8 heteroatoms. The molecule has 1 aliphatic heterocycles. The highest BCUT2D eigenvalue weighted by Crippen LogP contribution is 2.24. The van der Waals surface area contributed by atoms with Gasteiger partial charge in [-0.3, -0.25) is 9.69 Å². The number of carbonyl (C=O) groups is 1. The van der Waals surface area contributed by atoms with Gasteiger partial charge in [-0.1, -0.05) is 29.8 Å². The molecule has 2 aromatic carbocycles. The van der Waals surface area contributed by atoms with E-state index in [1.807, 2.05) is 38.1 Å². The SMILES string of the molecule is Cc1ccc(OCc2nc(C)c(C(=O)NCC(c3ccc(F)cc3)N3CCOCC3)s2)cc1. The second-order valence-corrected chi connectivity index (χ2v) is 9.13. The Balaban J connectivity index is 1.40. The third-order valence-corrected chi connectivity index (χ3v) is 6.76. The lowest BCUT2D eigenvalue weighted by Gasteiger charge is -2.34. The van der Waals surface area contributed by atoms with Crippen molar-refractivity contribution in [1.82, 2.24) is 15.2 Å². The molecular formula is C25H28FN3O3S. The molecule has 1 saturated heterocycles. The number of halogens is 1. The number of nitrogens with one attached hydrogen (secondary N) is 1. The fourth-order valence-electron chi connectivity index (χ4n) is 3.81. The first-order chi connectivity index (χ1) is 16.0. The van der Waals surface area contributed by atoms with Crippen LogP contribution in [0.2, 0.25) is 0 Å². The lowest BCUT2D eigenvalue weighted by atomic mass is 10.0. The van der Waals surface area contributed by atoms with Gasteiger partial charge in [0, 0.05) is 19.6 Å². The van der Waals surface area contributed by atoms with Crippen LogP contribution in [-0.4, -0.2) is 48.6 Å². The monoisotopic (exact) mass is 469 g/mol. The third-order valence-electron chi connectivity index (χ3n) is 5.63. The molecule has 1 atom stereocenters. The molecule has 33 heavy (non-hydrogen) atoms. The van der Waals surface area contributed by atoms with Gasteiger partial charge in [-0.2, -0.15) is 0 Å². The van der Waals surface area contributed by atoms with E-state index in [4.69, 9.17) is 9.47 Å². The molecule has 174 valence electrons. The van der Waals surface area contributed by atoms with Crippen molar-refractivity contribution in [2.45, 2.75) is 26.5 Å². The third kappa shape index (κ3) is 6.16. The molecule has 1 N–H and O–H groups in total. The van der Waals surface area contributed by atoms with Crippen LogP contribution in [0.4, 0.5) is 4.39 Å². The summed E-state index contributed by atoms with van der Waals surface area (Å²) in [5, 5.41) is 3.81. The van der Waals surface area contributed by atoms with Gasteiger partial charge < -0.3 is 14.8 Å². The molecule has 0 saturated carbocycles. The molecule has 0 bridgehead atoms. The Kier molecular flexibility index (Phi) is 7.69. The van der Waals surface area contributed by atoms with Crippen molar-refractivity contribution >= 4 is 17.2 Å². The lowest BCUT2D eigenvalue weighted by molar-refractivity contribution is 0.0162. The molecule has 0 spiro atoms. The molecule has 6 nitrogen and oxygen atoms in total. The van der Waals surface area contributed by atoms with Gasteiger partial charge >= 0.3 is 0 Å². The number of benzene rings is 2. The maximum Gasteiger partial charge on any atom is 0.263 e. The summed E-state index contributed by atoms with van der Waals surface area (Å²) in [4.78, 5) is 20.3. The van der Waals surface area contributed by atoms with Crippen LogP contribution in [0.5, 0.6) is 5.75 Å². The molecule has 1 aromatic heterocycles. The molecular weight excluding hydrogens is 441 g/mol. The zero-order chi connectivity index (χ0) is 23.2. The number of hydrogen-bond donors (Lipinski definition) is 1. The number of aromatic nitrogens is 1. The molecule has 2 heterocycles. The van der Waals surface area contributed by atoms with Crippen molar-refractivity contribution in [3.63, 3.8) is 0 Å². The first-order valence-electron chi connectivity index (χ1n) is 11.0. The van der Waals surface area contributed by atoms with Crippen LogP contribution in [0.15, 0.2) is 48.5 Å². The van der Waals surface area contributed by atoms with E-state index in [9.17, 15) is 9.18 Å². The van der Waals surface area contributed by atoms with Gasteiger partial charge in [0.2, 0.25) is 0 Å². The quantitative estimate of drug-likeness (QED) is 0.534. The van der Waals surface area contributed by atoms with Gasteiger partial charge in [-0.25, -0.2) is 9.37 Å². The Hall–Kier alpha value is -2.81. The van der Waals surface area contributed by atoms with Crippen molar-refractivity contribution in [1.29, 1.82) is 0 Å². The van der Waals surface area contributed by atoms with Crippen molar-refractivity contribution in [2.75, 3.05) is 32.8 Å². The number of nitrogens with zero attached hydrogens (tertiary/aromatic N) is 2. The van der Waals surface area contributed by atoms with E-state index in [0.717, 1.165) is 29.4 Å². The number of ether oxygens (including phenoxy) is 2. The number of rotatable bonds is 8. The van der Waals surface area contributed by atoms with Crippen LogP contribution in [0, 0.1) is 19.7 Å². The minimum atomic E-state index is -0.274. The highest BCUT2D eigenvalue weighted by molar-refractivity contribution is 7.13. The van der Waals surface area contributed by atoms with Gasteiger partial charge in [0.05, 0.1) is 24.9 Å². The summed E-state index contributed by atoms with van der Waals surface area (Å²) < 4.78 is 24.7. The van der Waals surface area contributed by atoms with Crippen molar-refractivity contribution in [2.24, 2.45) is 0 Å². The van der Waals surface area contributed by atoms with E-state index in [-0.39, 0.29) is 17.8 Å². The molecule has 0 radical (unpaired) electrons. The van der Waals surface area contributed by atoms with Crippen LogP contribution >= 0.6 is 11.3 Å². The fraction of sp³-hybridized carbons (Fsp3) is 0.360. The molecule has 1 aliphatic rings. The first kappa shape index (κ1) is 23.4. The molecule has 3 aromatic rings. The summed E-state index contributed by atoms with van der Waals surface area (Å²) >= 11 is 1.34. The van der Waals surface area contributed by atoms with Crippen molar-refractivity contribution in [3.05, 3.63) is 81.1 Å². The number of hydrogen-bond acceptors (Lipinski definition) is 6. The average Bonchev–Trinajstić information content (AvgIpc) is 3.21. The maximum absolute atomic E-state index is 13.4. The van der Waals surface area contributed by atoms with Gasteiger partial charge in [-0.15, -0.1) is 11.3 Å². The number of amides is 1. The highest BCUT2D eigenvalue weighted by Gasteiger charge is 2.24. The van der Waals surface area contributed by atoms with Crippen LogP contribution in [0.25, 0.3) is 0 Å². The Morgan fingerprint density at radius 3 is 2.55 bits per heavy atom. The fourth-order valence-corrected chi connectivity index (χ4v) is 4.70. The summed E-state index contributed by atoms with van der Waals surface area (Å²) in [7, 11) is 0. The van der Waals surface area contributed by atoms with Crippen LogP contribution in [-0.2, 0) is 11.3 Å². The highest BCUT2D eigenvalue weighted by atomic mass is 32.1. The Labute approximate surface area is 197 Å². The Morgan fingerprint density at radius 1 is 1.15 bits per heavy atom. The van der Waals surface area contributed by atoms with E-state index < -0.39 is 0 Å². The van der Waals surface area contributed by atoms with Crippen LogP contribution in [0.3, 0.4) is 0 Å². The second-order valence-electron chi connectivity index (χ2n) is 8.05. The van der Waals surface area contributed by atoms with Gasteiger partial charge in [-0.05, 0) is 43.7 Å². The smallest absolute Gasteiger partial charge is 0.263 e. The number of thiazole rings is 1. The van der Waals surface area contributed by atoms with Crippen molar-refractivity contribution < 1.29 is 18.7 Å². The molecule has 4 rings (SSSR count). The van der Waals surface area contributed by atoms with E-state index >= 15 is 0 Å². The Bertz CT molecular complexity index is 1060. The predicted octanol–water partition coefficient (Wildman–Crippen LogP) is 4.28. The number of morpholine rings is 1.